The van der Waals surface area contributed by atoms with Gasteiger partial charge < -0.3 is 9.84 Å². The summed E-state index contributed by atoms with van der Waals surface area (Å²) in [7, 11) is -4.60. The summed E-state index contributed by atoms with van der Waals surface area (Å²) >= 11 is 0. The van der Waals surface area contributed by atoms with E-state index in [1.165, 1.54) is 57.1 Å². The Hall–Kier alpha value is -0.414. The molecule has 0 fully saturated rings. The third kappa shape index (κ3) is 10.7. The van der Waals surface area contributed by atoms with E-state index in [2.05, 4.69) is 6.92 Å². The van der Waals surface area contributed by atoms with Gasteiger partial charge in [-0.15, -0.1) is 5.75 Å². The van der Waals surface area contributed by atoms with Gasteiger partial charge in [0.15, 0.2) is 0 Å². The second-order valence-corrected chi connectivity index (χ2v) is 9.40. The van der Waals surface area contributed by atoms with Crippen LogP contribution in [0.5, 0.6) is 17.2 Å². The molecule has 0 aromatic heterocycles. The molecule has 5 nitrogen and oxygen atoms in total. The Labute approximate surface area is 236 Å². The van der Waals surface area contributed by atoms with E-state index in [0.717, 1.165) is 19.3 Å². The van der Waals surface area contributed by atoms with E-state index >= 15 is 0 Å². The molecular formula is C25H35KO5S. The van der Waals surface area contributed by atoms with Crippen molar-refractivity contribution in [3.63, 3.8) is 0 Å². The average molecular weight is 487 g/mol. The van der Waals surface area contributed by atoms with Crippen molar-refractivity contribution in [1.82, 2.24) is 0 Å². The van der Waals surface area contributed by atoms with Gasteiger partial charge in [-0.05, 0) is 36.6 Å². The Morgan fingerprint density at radius 1 is 0.812 bits per heavy atom. The van der Waals surface area contributed by atoms with Crippen molar-refractivity contribution >= 4 is 10.1 Å². The standard InChI is InChI=1S/C25H36O5S.K/c1-2-3-4-5-6-7-8-9-10-11-15-18-22-23(26)19-20-24(25(22)31(27,28)29)30-21-16-13-12-14-17-21;/h12-14,16-17,19-20,26H,2-11,15,18H2,1H3,(H,27,28,29);/q;+1/p-1. The van der Waals surface area contributed by atoms with Crippen LogP contribution in [0.2, 0.25) is 0 Å². The monoisotopic (exact) mass is 486 g/mol. The van der Waals surface area contributed by atoms with Crippen molar-refractivity contribution in [2.45, 2.75) is 88.9 Å². The SMILES string of the molecule is CCCCCCCCCCCCCc1c([O-])ccc(Oc2ccccc2)c1S(=O)(=O)O.[K+]. The second-order valence-electron chi connectivity index (χ2n) is 8.05. The molecule has 0 bridgehead atoms. The summed E-state index contributed by atoms with van der Waals surface area (Å²) in [6.07, 6.45) is 13.2. The molecule has 1 N–H and O–H groups in total. The first-order valence-corrected chi connectivity index (χ1v) is 12.9. The van der Waals surface area contributed by atoms with Gasteiger partial charge >= 0.3 is 51.4 Å². The first-order valence-electron chi connectivity index (χ1n) is 11.5. The number of benzene rings is 2. The van der Waals surface area contributed by atoms with Crippen molar-refractivity contribution in [3.8, 4) is 17.2 Å². The summed E-state index contributed by atoms with van der Waals surface area (Å²) < 4.78 is 39.6. The van der Waals surface area contributed by atoms with Crippen LogP contribution in [0, 0.1) is 0 Å². The Balaban J connectivity index is 0.00000512. The number of hydrogen-bond acceptors (Lipinski definition) is 4. The van der Waals surface area contributed by atoms with Gasteiger partial charge in [0.05, 0.1) is 0 Å². The maximum absolute atomic E-state index is 12.4. The zero-order valence-corrected chi connectivity index (χ0v) is 23.5. The normalized spacial score (nSPS) is 11.2. The van der Waals surface area contributed by atoms with E-state index in [1.54, 1.807) is 24.3 Å². The van der Waals surface area contributed by atoms with Crippen molar-refractivity contribution in [3.05, 3.63) is 48.0 Å². The molecule has 0 aliphatic carbocycles. The average Bonchev–Trinajstić information content (AvgIpc) is 2.74. The quantitative estimate of drug-likeness (QED) is 0.236. The maximum Gasteiger partial charge on any atom is 1.00 e. The van der Waals surface area contributed by atoms with Crippen LogP contribution in [0.3, 0.4) is 0 Å². The van der Waals surface area contributed by atoms with Crippen LogP contribution in [0.1, 0.15) is 83.1 Å². The molecule has 2 aromatic carbocycles. The van der Waals surface area contributed by atoms with E-state index in [0.29, 0.717) is 18.6 Å². The maximum atomic E-state index is 12.4. The van der Waals surface area contributed by atoms with Gasteiger partial charge in [-0.25, -0.2) is 0 Å². The molecule has 172 valence electrons. The van der Waals surface area contributed by atoms with Crippen LogP contribution in [-0.2, 0) is 16.5 Å². The Morgan fingerprint density at radius 2 is 1.34 bits per heavy atom. The number of unbranched alkanes of at least 4 members (excludes halogenated alkanes) is 10. The minimum absolute atomic E-state index is 0. The molecule has 0 amide bonds. The molecule has 2 rings (SSSR count). The summed E-state index contributed by atoms with van der Waals surface area (Å²) in [5.41, 5.74) is 0.104. The third-order valence-corrected chi connectivity index (χ3v) is 6.40. The zero-order valence-electron chi connectivity index (χ0n) is 19.5. The van der Waals surface area contributed by atoms with Crippen LogP contribution in [0.4, 0.5) is 0 Å². The van der Waals surface area contributed by atoms with Crippen molar-refractivity contribution in [2.75, 3.05) is 0 Å². The largest absolute Gasteiger partial charge is 1.00 e. The summed E-state index contributed by atoms with van der Waals surface area (Å²) in [6, 6.07) is 11.3. The Kier molecular flexibility index (Phi) is 15.0. The molecule has 0 saturated carbocycles. The molecule has 2 aromatic rings. The molecule has 0 saturated heterocycles. The van der Waals surface area contributed by atoms with Gasteiger partial charge in [-0.2, -0.15) is 8.42 Å². The van der Waals surface area contributed by atoms with Gasteiger partial charge in [0, 0.05) is 0 Å². The molecule has 0 aliphatic rings. The molecule has 32 heavy (non-hydrogen) atoms. The van der Waals surface area contributed by atoms with E-state index in [1.807, 2.05) is 6.07 Å². The molecule has 0 atom stereocenters. The topological polar surface area (TPSA) is 86.7 Å². The van der Waals surface area contributed by atoms with Crippen molar-refractivity contribution in [1.29, 1.82) is 0 Å². The van der Waals surface area contributed by atoms with E-state index in [-0.39, 0.29) is 68.4 Å². The molecule has 7 heteroatoms. The van der Waals surface area contributed by atoms with Gasteiger partial charge in [-0.3, -0.25) is 4.55 Å². The van der Waals surface area contributed by atoms with Crippen LogP contribution < -0.4 is 61.2 Å². The second kappa shape index (κ2) is 16.3. The van der Waals surface area contributed by atoms with E-state index < -0.39 is 15.0 Å². The van der Waals surface area contributed by atoms with Crippen molar-refractivity contribution < 1.29 is 74.2 Å². The fourth-order valence-corrected chi connectivity index (χ4v) is 4.65. The first kappa shape index (κ1) is 29.6. The minimum Gasteiger partial charge on any atom is -0.872 e. The number of ether oxygens (including phenoxy) is 1. The molecule has 0 spiro atoms. The molecule has 0 radical (unpaired) electrons. The van der Waals surface area contributed by atoms with Gasteiger partial charge in [0.25, 0.3) is 10.1 Å². The number of rotatable bonds is 15. The molecular weight excluding hydrogens is 451 g/mol. The van der Waals surface area contributed by atoms with Gasteiger partial charge in [-0.1, -0.05) is 95.4 Å². The fourth-order valence-electron chi connectivity index (χ4n) is 3.77. The summed E-state index contributed by atoms with van der Waals surface area (Å²) in [5.74, 6) is 0.0261. The smallest absolute Gasteiger partial charge is 0.872 e. The number of para-hydroxylation sites is 1. The number of hydrogen-bond donors (Lipinski definition) is 1. The predicted octanol–water partition coefficient (Wildman–Crippen LogP) is 3.66. The van der Waals surface area contributed by atoms with Crippen LogP contribution in [-0.4, -0.2) is 13.0 Å². The molecule has 0 heterocycles. The van der Waals surface area contributed by atoms with E-state index in [9.17, 15) is 18.1 Å². The van der Waals surface area contributed by atoms with Gasteiger partial charge in [0.2, 0.25) is 0 Å². The molecule has 0 aliphatic heterocycles. The Bertz CT molecular complexity index is 885. The van der Waals surface area contributed by atoms with Crippen LogP contribution in [0.15, 0.2) is 47.4 Å². The third-order valence-electron chi connectivity index (χ3n) is 5.44. The van der Waals surface area contributed by atoms with Crippen LogP contribution in [0.25, 0.3) is 0 Å². The Morgan fingerprint density at radius 3 is 1.88 bits per heavy atom. The van der Waals surface area contributed by atoms with Crippen LogP contribution >= 0.6 is 0 Å². The predicted molar refractivity (Wildman–Crippen MR) is 122 cm³/mol. The molecule has 0 unspecified atom stereocenters. The van der Waals surface area contributed by atoms with E-state index in [4.69, 9.17) is 4.74 Å². The van der Waals surface area contributed by atoms with Crippen molar-refractivity contribution in [2.24, 2.45) is 0 Å². The first-order chi connectivity index (χ1) is 14.9. The fraction of sp³-hybridized carbons (Fsp3) is 0.520. The summed E-state index contributed by atoms with van der Waals surface area (Å²) in [6.45, 7) is 2.22. The zero-order chi connectivity index (χ0) is 22.5. The minimum atomic E-state index is -4.60. The van der Waals surface area contributed by atoms with Gasteiger partial charge in [0.1, 0.15) is 16.4 Å². The summed E-state index contributed by atoms with van der Waals surface area (Å²) in [5, 5.41) is 12.4. The summed E-state index contributed by atoms with van der Waals surface area (Å²) in [4.78, 5) is -0.407.